The lowest BCUT2D eigenvalue weighted by molar-refractivity contribution is -0.122. The SMILES string of the molecule is O=C(CSCc1c(Cl)cccc1Cl)NCC(=O)Nc1ccccc1Br. The fourth-order valence-corrected chi connectivity index (χ4v) is 3.88. The first-order chi connectivity index (χ1) is 12.0. The van der Waals surface area contributed by atoms with Crippen molar-refractivity contribution in [2.24, 2.45) is 0 Å². The maximum Gasteiger partial charge on any atom is 0.243 e. The van der Waals surface area contributed by atoms with Gasteiger partial charge in [0.2, 0.25) is 11.8 Å². The topological polar surface area (TPSA) is 58.2 Å². The van der Waals surface area contributed by atoms with Crippen LogP contribution in [0.15, 0.2) is 46.9 Å². The molecule has 0 spiro atoms. The Kier molecular flexibility index (Phi) is 8.09. The van der Waals surface area contributed by atoms with Crippen LogP contribution in [0.5, 0.6) is 0 Å². The van der Waals surface area contributed by atoms with E-state index >= 15 is 0 Å². The maximum absolute atomic E-state index is 11.9. The first kappa shape index (κ1) is 20.1. The highest BCUT2D eigenvalue weighted by Gasteiger charge is 2.10. The van der Waals surface area contributed by atoms with Gasteiger partial charge in [-0.15, -0.1) is 11.8 Å². The highest BCUT2D eigenvalue weighted by atomic mass is 79.9. The summed E-state index contributed by atoms with van der Waals surface area (Å²) in [6, 6.07) is 12.6. The van der Waals surface area contributed by atoms with Gasteiger partial charge in [0.15, 0.2) is 0 Å². The lowest BCUT2D eigenvalue weighted by atomic mass is 10.2. The average Bonchev–Trinajstić information content (AvgIpc) is 2.58. The van der Waals surface area contributed by atoms with E-state index in [0.717, 1.165) is 10.0 Å². The minimum atomic E-state index is -0.292. The Morgan fingerprint density at radius 2 is 1.68 bits per heavy atom. The lowest BCUT2D eigenvalue weighted by Gasteiger charge is -2.09. The number of amides is 2. The third kappa shape index (κ3) is 6.55. The highest BCUT2D eigenvalue weighted by molar-refractivity contribution is 9.10. The smallest absolute Gasteiger partial charge is 0.243 e. The molecular formula is C17H15BrCl2N2O2S. The second kappa shape index (κ2) is 10.1. The molecular weight excluding hydrogens is 447 g/mol. The molecule has 0 aromatic heterocycles. The van der Waals surface area contributed by atoms with Crippen LogP contribution in [0.25, 0.3) is 0 Å². The van der Waals surface area contributed by atoms with E-state index in [-0.39, 0.29) is 24.1 Å². The minimum Gasteiger partial charge on any atom is -0.346 e. The van der Waals surface area contributed by atoms with E-state index in [9.17, 15) is 9.59 Å². The zero-order valence-corrected chi connectivity index (χ0v) is 16.9. The van der Waals surface area contributed by atoms with E-state index in [1.807, 2.05) is 18.2 Å². The molecule has 0 atom stereocenters. The van der Waals surface area contributed by atoms with Crippen molar-refractivity contribution in [1.29, 1.82) is 0 Å². The van der Waals surface area contributed by atoms with Gasteiger partial charge in [-0.05, 0) is 45.8 Å². The zero-order chi connectivity index (χ0) is 18.2. The van der Waals surface area contributed by atoms with Crippen LogP contribution < -0.4 is 10.6 Å². The number of hydrogen-bond acceptors (Lipinski definition) is 3. The zero-order valence-electron chi connectivity index (χ0n) is 13.0. The van der Waals surface area contributed by atoms with Gasteiger partial charge in [-0.2, -0.15) is 0 Å². The van der Waals surface area contributed by atoms with Crippen LogP contribution in [0.1, 0.15) is 5.56 Å². The molecule has 0 heterocycles. The lowest BCUT2D eigenvalue weighted by Crippen LogP contribution is -2.34. The predicted octanol–water partition coefficient (Wildman–Crippen LogP) is 4.74. The molecule has 0 aliphatic rings. The third-order valence-corrected chi connectivity index (χ3v) is 5.49. The van der Waals surface area contributed by atoms with Gasteiger partial charge in [0.25, 0.3) is 0 Å². The Bertz CT molecular complexity index is 754. The van der Waals surface area contributed by atoms with Crippen LogP contribution in [0.2, 0.25) is 10.0 Å². The van der Waals surface area contributed by atoms with E-state index < -0.39 is 0 Å². The molecule has 0 saturated carbocycles. The van der Waals surface area contributed by atoms with Crippen LogP contribution in [0.4, 0.5) is 5.69 Å². The van der Waals surface area contributed by atoms with Crippen LogP contribution in [0.3, 0.4) is 0 Å². The van der Waals surface area contributed by atoms with Crippen molar-refractivity contribution in [3.63, 3.8) is 0 Å². The molecule has 8 heteroatoms. The number of carbonyl (C=O) groups excluding carboxylic acids is 2. The number of carbonyl (C=O) groups is 2. The summed E-state index contributed by atoms with van der Waals surface area (Å²) in [6.07, 6.45) is 0. The van der Waals surface area contributed by atoms with Crippen molar-refractivity contribution < 1.29 is 9.59 Å². The van der Waals surface area contributed by atoms with Crippen molar-refractivity contribution >= 4 is 68.4 Å². The standard InChI is InChI=1S/C17H15BrCl2N2O2S/c18-12-4-1-2-7-15(12)22-16(23)8-21-17(24)10-25-9-11-13(19)5-3-6-14(11)20/h1-7H,8-10H2,(H,21,24)(H,22,23). The number of benzene rings is 2. The van der Waals surface area contributed by atoms with Gasteiger partial charge in [-0.3, -0.25) is 9.59 Å². The van der Waals surface area contributed by atoms with Crippen molar-refractivity contribution in [3.8, 4) is 0 Å². The monoisotopic (exact) mass is 460 g/mol. The summed E-state index contributed by atoms with van der Waals surface area (Å²) >= 11 is 16.9. The molecule has 25 heavy (non-hydrogen) atoms. The first-order valence-corrected chi connectivity index (χ1v) is 9.99. The van der Waals surface area contributed by atoms with Crippen LogP contribution >= 0.6 is 50.9 Å². The largest absolute Gasteiger partial charge is 0.346 e. The summed E-state index contributed by atoms with van der Waals surface area (Å²) in [5.74, 6) is 0.216. The maximum atomic E-state index is 11.9. The van der Waals surface area contributed by atoms with Gasteiger partial charge in [0.05, 0.1) is 18.0 Å². The summed E-state index contributed by atoms with van der Waals surface area (Å²) < 4.78 is 0.779. The van der Waals surface area contributed by atoms with Gasteiger partial charge in [-0.25, -0.2) is 0 Å². The fraction of sp³-hybridized carbons (Fsp3) is 0.176. The fourth-order valence-electron chi connectivity index (χ4n) is 1.90. The average molecular weight is 462 g/mol. The van der Waals surface area contributed by atoms with Crippen molar-refractivity contribution in [2.75, 3.05) is 17.6 Å². The van der Waals surface area contributed by atoms with Gasteiger partial charge in [-0.1, -0.05) is 41.4 Å². The predicted molar refractivity (Wildman–Crippen MR) is 108 cm³/mol. The van der Waals surface area contributed by atoms with E-state index in [1.165, 1.54) is 11.8 Å². The Hall–Kier alpha value is -1.21. The highest BCUT2D eigenvalue weighted by Crippen LogP contribution is 2.28. The molecule has 2 aromatic rings. The van der Waals surface area contributed by atoms with Crippen molar-refractivity contribution in [2.45, 2.75) is 5.75 Å². The second-order valence-electron chi connectivity index (χ2n) is 5.00. The summed E-state index contributed by atoms with van der Waals surface area (Å²) in [5.41, 5.74) is 1.46. The number of halogens is 3. The molecule has 2 rings (SSSR count). The Labute approximate surface area is 168 Å². The van der Waals surface area contributed by atoms with Crippen LogP contribution in [-0.4, -0.2) is 24.1 Å². The molecule has 0 fully saturated rings. The van der Waals surface area contributed by atoms with Gasteiger partial charge >= 0.3 is 0 Å². The number of anilines is 1. The van der Waals surface area contributed by atoms with E-state index in [2.05, 4.69) is 26.6 Å². The van der Waals surface area contributed by atoms with E-state index in [4.69, 9.17) is 23.2 Å². The molecule has 132 valence electrons. The number of rotatable bonds is 7. The van der Waals surface area contributed by atoms with Crippen molar-refractivity contribution in [3.05, 3.63) is 62.5 Å². The summed E-state index contributed by atoms with van der Waals surface area (Å²) in [6.45, 7) is -0.0897. The summed E-state index contributed by atoms with van der Waals surface area (Å²) in [4.78, 5) is 23.7. The number of para-hydroxylation sites is 1. The van der Waals surface area contributed by atoms with Gasteiger partial charge < -0.3 is 10.6 Å². The first-order valence-electron chi connectivity index (χ1n) is 7.29. The Morgan fingerprint density at radius 3 is 2.36 bits per heavy atom. The molecule has 0 saturated heterocycles. The summed E-state index contributed by atoms with van der Waals surface area (Å²) in [5, 5.41) is 6.46. The molecule has 0 radical (unpaired) electrons. The molecule has 2 aromatic carbocycles. The van der Waals surface area contributed by atoms with Gasteiger partial charge in [0.1, 0.15) is 0 Å². The second-order valence-corrected chi connectivity index (χ2v) is 7.65. The van der Waals surface area contributed by atoms with E-state index in [1.54, 1.807) is 24.3 Å². The normalized spacial score (nSPS) is 10.4. The molecule has 2 N–H and O–H groups in total. The Balaban J connectivity index is 1.72. The molecule has 4 nitrogen and oxygen atoms in total. The molecule has 0 bridgehead atoms. The summed E-state index contributed by atoms with van der Waals surface area (Å²) in [7, 11) is 0. The Morgan fingerprint density at radius 1 is 1.00 bits per heavy atom. The minimum absolute atomic E-state index is 0.0897. The van der Waals surface area contributed by atoms with Gasteiger partial charge in [0, 0.05) is 20.3 Å². The number of nitrogens with one attached hydrogen (secondary N) is 2. The molecule has 0 aliphatic heterocycles. The third-order valence-electron chi connectivity index (χ3n) is 3.14. The van der Waals surface area contributed by atoms with Crippen molar-refractivity contribution in [1.82, 2.24) is 5.32 Å². The molecule has 0 aliphatic carbocycles. The van der Waals surface area contributed by atoms with Crippen LogP contribution in [0, 0.1) is 0 Å². The molecule has 0 unspecified atom stereocenters. The number of thioether (sulfide) groups is 1. The molecule has 2 amide bonds. The van der Waals surface area contributed by atoms with Crippen LogP contribution in [-0.2, 0) is 15.3 Å². The van der Waals surface area contributed by atoms with E-state index in [0.29, 0.717) is 21.5 Å². The number of hydrogen-bond donors (Lipinski definition) is 2. The quantitative estimate of drug-likeness (QED) is 0.625.